The van der Waals surface area contributed by atoms with E-state index >= 15 is 0 Å². The zero-order valence-electron chi connectivity index (χ0n) is 12.9. The third-order valence-electron chi connectivity index (χ3n) is 3.39. The molecule has 3 aromatic heterocycles. The molecule has 3 aromatic rings. The molecule has 1 amide bonds. The Balaban J connectivity index is 2.21. The van der Waals surface area contributed by atoms with E-state index in [1.165, 1.54) is 0 Å². The molecule has 142 valence electrons. The third kappa shape index (κ3) is 3.47. The third-order valence-corrected chi connectivity index (χ3v) is 3.39. The number of pyridine rings is 1. The highest BCUT2D eigenvalue weighted by Crippen LogP contribution is 2.38. The van der Waals surface area contributed by atoms with Crippen LogP contribution in [-0.4, -0.2) is 30.6 Å². The average Bonchev–Trinajstić information content (AvgIpc) is 3.20. The summed E-state index contributed by atoms with van der Waals surface area (Å²) in [4.78, 5) is 20.3. The first-order valence-electron chi connectivity index (χ1n) is 7.03. The fourth-order valence-electron chi connectivity index (χ4n) is 2.27. The molecule has 0 aliphatic heterocycles. The Morgan fingerprint density at radius 2 is 1.81 bits per heavy atom. The zero-order chi connectivity index (χ0) is 20.0. The van der Waals surface area contributed by atoms with E-state index in [4.69, 9.17) is 5.73 Å². The van der Waals surface area contributed by atoms with Crippen molar-refractivity contribution in [1.29, 1.82) is 0 Å². The van der Waals surface area contributed by atoms with Crippen LogP contribution in [0.4, 0.5) is 26.3 Å². The molecule has 0 spiro atoms. The van der Waals surface area contributed by atoms with Crippen molar-refractivity contribution in [2.75, 3.05) is 0 Å². The fraction of sp³-hybridized carbons (Fsp3) is 0.143. The smallest absolute Gasteiger partial charge is 0.363 e. The van der Waals surface area contributed by atoms with Crippen molar-refractivity contribution in [3.05, 3.63) is 47.8 Å². The van der Waals surface area contributed by atoms with Crippen molar-refractivity contribution in [3.8, 4) is 17.1 Å². The number of halogens is 6. The second-order valence-corrected chi connectivity index (χ2v) is 5.22. The van der Waals surface area contributed by atoms with Gasteiger partial charge in [0.05, 0.1) is 17.5 Å². The number of amides is 1. The number of aromatic amines is 1. The molecular weight excluding hydrogens is 382 g/mol. The minimum Gasteiger partial charge on any atom is -0.363 e. The van der Waals surface area contributed by atoms with Crippen LogP contribution >= 0.6 is 0 Å². The number of carbonyl (C=O) groups is 1. The first-order valence-corrected chi connectivity index (χ1v) is 7.03. The largest absolute Gasteiger partial charge is 0.435 e. The first kappa shape index (κ1) is 18.4. The lowest BCUT2D eigenvalue weighted by Gasteiger charge is -2.11. The molecule has 0 saturated heterocycles. The minimum atomic E-state index is -4.99. The van der Waals surface area contributed by atoms with Crippen LogP contribution in [0, 0.1) is 0 Å². The van der Waals surface area contributed by atoms with Crippen LogP contribution in [0.3, 0.4) is 0 Å². The van der Waals surface area contributed by atoms with Gasteiger partial charge in [0.2, 0.25) is 0 Å². The van der Waals surface area contributed by atoms with Crippen LogP contribution in [0.25, 0.3) is 17.1 Å². The Morgan fingerprint density at radius 3 is 2.37 bits per heavy atom. The Morgan fingerprint density at radius 1 is 1.11 bits per heavy atom. The van der Waals surface area contributed by atoms with E-state index in [1.807, 2.05) is 0 Å². The summed E-state index contributed by atoms with van der Waals surface area (Å²) < 4.78 is 79.7. The normalized spacial score (nSPS) is 12.4. The Kier molecular flexibility index (Phi) is 4.16. The van der Waals surface area contributed by atoms with Crippen molar-refractivity contribution >= 4 is 5.91 Å². The second kappa shape index (κ2) is 6.10. The lowest BCUT2D eigenvalue weighted by atomic mass is 10.2. The van der Waals surface area contributed by atoms with E-state index in [9.17, 15) is 31.1 Å². The Labute approximate surface area is 145 Å². The summed E-state index contributed by atoms with van der Waals surface area (Å²) >= 11 is 0. The number of nitrogens with zero attached hydrogens (tertiary/aromatic N) is 4. The predicted molar refractivity (Wildman–Crippen MR) is 77.5 cm³/mol. The summed E-state index contributed by atoms with van der Waals surface area (Å²) in [6.07, 6.45) is -7.27. The van der Waals surface area contributed by atoms with Crippen LogP contribution in [0.2, 0.25) is 0 Å². The van der Waals surface area contributed by atoms with Crippen molar-refractivity contribution in [1.82, 2.24) is 24.7 Å². The minimum absolute atomic E-state index is 0.299. The van der Waals surface area contributed by atoms with Crippen molar-refractivity contribution in [3.63, 3.8) is 0 Å². The lowest BCUT2D eigenvalue weighted by molar-refractivity contribution is -0.140. The maximum atomic E-state index is 13.3. The number of nitrogens with two attached hydrogens (primary N) is 1. The number of hydrogen-bond acceptors (Lipinski definition) is 4. The van der Waals surface area contributed by atoms with Crippen molar-refractivity contribution in [2.24, 2.45) is 5.73 Å². The van der Waals surface area contributed by atoms with Gasteiger partial charge in [-0.2, -0.15) is 31.4 Å². The summed E-state index contributed by atoms with van der Waals surface area (Å²) in [5.41, 5.74) is 1.31. The second-order valence-electron chi connectivity index (χ2n) is 5.22. The monoisotopic (exact) mass is 390 g/mol. The van der Waals surface area contributed by atoms with Gasteiger partial charge in [-0.25, -0.2) is 14.6 Å². The molecule has 3 heterocycles. The number of alkyl halides is 6. The highest BCUT2D eigenvalue weighted by molar-refractivity contribution is 5.89. The van der Waals surface area contributed by atoms with Gasteiger partial charge < -0.3 is 10.7 Å². The van der Waals surface area contributed by atoms with Gasteiger partial charge in [0.1, 0.15) is 5.56 Å². The van der Waals surface area contributed by atoms with Crippen molar-refractivity contribution < 1.29 is 31.1 Å². The van der Waals surface area contributed by atoms with Gasteiger partial charge in [-0.3, -0.25) is 4.79 Å². The first-order chi connectivity index (χ1) is 12.5. The zero-order valence-corrected chi connectivity index (χ0v) is 12.9. The van der Waals surface area contributed by atoms with E-state index in [-0.39, 0.29) is 5.69 Å². The summed E-state index contributed by atoms with van der Waals surface area (Å²) in [6.45, 7) is 0. The number of carbonyl (C=O) groups excluding carboxylic acids is 1. The highest BCUT2D eigenvalue weighted by Gasteiger charge is 2.40. The molecule has 0 unspecified atom stereocenters. The van der Waals surface area contributed by atoms with Gasteiger partial charge in [-0.05, 0) is 12.1 Å². The van der Waals surface area contributed by atoms with Gasteiger partial charge in [-0.1, -0.05) is 0 Å². The van der Waals surface area contributed by atoms with E-state index in [2.05, 4.69) is 20.1 Å². The molecule has 0 atom stereocenters. The summed E-state index contributed by atoms with van der Waals surface area (Å²) in [7, 11) is 0. The van der Waals surface area contributed by atoms with Crippen LogP contribution in [0.5, 0.6) is 0 Å². The van der Waals surface area contributed by atoms with Gasteiger partial charge in [0, 0.05) is 12.4 Å². The number of imidazole rings is 1. The molecule has 3 N–H and O–H groups in total. The molecule has 3 rings (SSSR count). The Hall–Kier alpha value is -3.38. The SMILES string of the molecule is NC(=O)c1ncc(-c2cn(-c3ncccc3C(F)(F)F)nc2C(F)(F)F)[nH]1. The molecule has 0 saturated carbocycles. The maximum absolute atomic E-state index is 13.3. The van der Waals surface area contributed by atoms with Crippen LogP contribution in [-0.2, 0) is 12.4 Å². The number of aromatic nitrogens is 5. The van der Waals surface area contributed by atoms with E-state index in [1.54, 1.807) is 0 Å². The molecular formula is C14H8F6N6O. The quantitative estimate of drug-likeness (QED) is 0.672. The maximum Gasteiger partial charge on any atom is 0.435 e. The summed E-state index contributed by atoms with van der Waals surface area (Å²) in [6, 6.07) is 1.66. The average molecular weight is 390 g/mol. The van der Waals surface area contributed by atoms with Gasteiger partial charge >= 0.3 is 12.4 Å². The molecule has 0 aliphatic rings. The molecule has 13 heteroatoms. The fourth-order valence-corrected chi connectivity index (χ4v) is 2.27. The molecule has 0 aliphatic carbocycles. The molecule has 0 fully saturated rings. The number of hydrogen-bond donors (Lipinski definition) is 2. The van der Waals surface area contributed by atoms with Crippen molar-refractivity contribution in [2.45, 2.75) is 12.4 Å². The van der Waals surface area contributed by atoms with Gasteiger partial charge in [-0.15, -0.1) is 0 Å². The molecule has 0 bridgehead atoms. The van der Waals surface area contributed by atoms with Crippen LogP contribution in [0.15, 0.2) is 30.7 Å². The van der Waals surface area contributed by atoms with Gasteiger partial charge in [0.25, 0.3) is 5.91 Å². The Bertz CT molecular complexity index is 1000. The number of H-pyrrole nitrogens is 1. The molecule has 0 aromatic carbocycles. The van der Waals surface area contributed by atoms with Crippen LogP contribution < -0.4 is 5.73 Å². The number of primary amides is 1. The summed E-state index contributed by atoms with van der Waals surface area (Å²) in [5, 5.41) is 3.22. The van der Waals surface area contributed by atoms with Gasteiger partial charge in [0.15, 0.2) is 17.3 Å². The highest BCUT2D eigenvalue weighted by atomic mass is 19.4. The lowest BCUT2D eigenvalue weighted by Crippen LogP contribution is -2.14. The topological polar surface area (TPSA) is 102 Å². The standard InChI is InChI=1S/C14H8F6N6O/c15-13(16,17)7-2-1-3-22-12(7)26-5-6(9(25-26)14(18,19)20)8-4-23-11(24-8)10(21)27/h1-5H,(H2,21,27)(H,23,24). The number of rotatable bonds is 3. The molecule has 0 radical (unpaired) electrons. The van der Waals surface area contributed by atoms with Crippen LogP contribution in [0.1, 0.15) is 21.9 Å². The number of nitrogens with one attached hydrogen (secondary N) is 1. The van der Waals surface area contributed by atoms with E-state index in [0.29, 0.717) is 16.9 Å². The molecule has 7 nitrogen and oxygen atoms in total. The van der Waals surface area contributed by atoms with E-state index in [0.717, 1.165) is 18.5 Å². The molecule has 27 heavy (non-hydrogen) atoms. The van der Waals surface area contributed by atoms with E-state index < -0.39 is 46.7 Å². The predicted octanol–water partition coefficient (Wildman–Crippen LogP) is 2.79. The summed E-state index contributed by atoms with van der Waals surface area (Å²) in [5.74, 6) is -2.28.